The third kappa shape index (κ3) is 7.15. The predicted octanol–water partition coefficient (Wildman–Crippen LogP) is 6.07. The molecule has 0 spiro atoms. The maximum absolute atomic E-state index is 12.6. The summed E-state index contributed by atoms with van der Waals surface area (Å²) in [6, 6.07) is 19.4. The molecule has 9 heteroatoms. The molecule has 6 nitrogen and oxygen atoms in total. The van der Waals surface area contributed by atoms with Gasteiger partial charge in [-0.2, -0.15) is 0 Å². The van der Waals surface area contributed by atoms with Crippen molar-refractivity contribution < 1.29 is 17.9 Å². The van der Waals surface area contributed by atoms with E-state index < -0.39 is 10.0 Å². The van der Waals surface area contributed by atoms with Crippen LogP contribution in [0.2, 0.25) is 10.0 Å². The number of nitrogens with zero attached hydrogens (tertiary/aromatic N) is 1. The molecule has 192 valence electrons. The molecule has 1 amide bonds. The monoisotopic (exact) mass is 548 g/mol. The Balaban J connectivity index is 1.61. The van der Waals surface area contributed by atoms with Gasteiger partial charge in [-0.3, -0.25) is 9.10 Å². The molecule has 0 atom stereocenters. The summed E-state index contributed by atoms with van der Waals surface area (Å²) in [6.45, 7) is 7.09. The fourth-order valence-electron chi connectivity index (χ4n) is 3.63. The number of sulfonamides is 1. The Morgan fingerprint density at radius 1 is 0.972 bits per heavy atom. The second kappa shape index (κ2) is 11.5. The maximum atomic E-state index is 12.6. The van der Waals surface area contributed by atoms with Crippen LogP contribution in [0.25, 0.3) is 0 Å². The van der Waals surface area contributed by atoms with Gasteiger partial charge in [0.15, 0.2) is 0 Å². The van der Waals surface area contributed by atoms with Gasteiger partial charge in [-0.25, -0.2) is 8.42 Å². The average Bonchev–Trinajstić information content (AvgIpc) is 2.81. The van der Waals surface area contributed by atoms with Crippen LogP contribution in [0.15, 0.2) is 66.7 Å². The van der Waals surface area contributed by atoms with Crippen LogP contribution in [-0.4, -0.2) is 33.7 Å². The van der Waals surface area contributed by atoms with E-state index in [0.29, 0.717) is 30.0 Å². The summed E-state index contributed by atoms with van der Waals surface area (Å²) in [7, 11) is -3.64. The number of amides is 1. The van der Waals surface area contributed by atoms with Crippen molar-refractivity contribution in [2.75, 3.05) is 23.7 Å². The van der Waals surface area contributed by atoms with Crippen molar-refractivity contribution in [1.82, 2.24) is 5.32 Å². The molecule has 0 aliphatic carbocycles. The lowest BCUT2D eigenvalue weighted by Gasteiger charge is -2.24. The molecule has 3 aromatic carbocycles. The van der Waals surface area contributed by atoms with Gasteiger partial charge in [-0.1, -0.05) is 80.4 Å². The highest BCUT2D eigenvalue weighted by Crippen LogP contribution is 2.34. The van der Waals surface area contributed by atoms with Gasteiger partial charge in [-0.15, -0.1) is 0 Å². The summed E-state index contributed by atoms with van der Waals surface area (Å²) >= 11 is 12.3. The van der Waals surface area contributed by atoms with E-state index in [9.17, 15) is 13.2 Å². The first-order valence-electron chi connectivity index (χ1n) is 11.4. The van der Waals surface area contributed by atoms with Crippen LogP contribution >= 0.6 is 23.2 Å². The van der Waals surface area contributed by atoms with E-state index in [0.717, 1.165) is 17.6 Å². The van der Waals surface area contributed by atoms with E-state index in [4.69, 9.17) is 27.9 Å². The van der Waals surface area contributed by atoms with Crippen molar-refractivity contribution in [3.63, 3.8) is 0 Å². The van der Waals surface area contributed by atoms with E-state index in [1.807, 2.05) is 24.3 Å². The van der Waals surface area contributed by atoms with E-state index in [2.05, 4.69) is 26.1 Å². The second-order valence-corrected chi connectivity index (χ2v) is 12.1. The van der Waals surface area contributed by atoms with Crippen molar-refractivity contribution in [2.45, 2.75) is 32.7 Å². The molecule has 0 bridgehead atoms. The first kappa shape index (κ1) is 27.8. The fraction of sp³-hybridized carbons (Fsp3) is 0.296. The van der Waals surface area contributed by atoms with Crippen molar-refractivity contribution in [1.29, 1.82) is 0 Å². The zero-order valence-electron chi connectivity index (χ0n) is 20.7. The van der Waals surface area contributed by atoms with Crippen LogP contribution in [0.3, 0.4) is 0 Å². The van der Waals surface area contributed by atoms with Gasteiger partial charge in [0.2, 0.25) is 10.0 Å². The number of para-hydroxylation sites is 1. The van der Waals surface area contributed by atoms with Crippen LogP contribution in [0, 0.1) is 0 Å². The SMILES string of the molecule is CC(C)(C)c1ccccc1OCCNC(=O)c1ccc(CN(c2cccc(Cl)c2Cl)S(C)(=O)=O)cc1. The quantitative estimate of drug-likeness (QED) is 0.329. The third-order valence-electron chi connectivity index (χ3n) is 5.48. The van der Waals surface area contributed by atoms with Gasteiger partial charge in [-0.05, 0) is 46.9 Å². The number of ether oxygens (including phenoxy) is 1. The summed E-state index contributed by atoms with van der Waals surface area (Å²) in [4.78, 5) is 12.6. The highest BCUT2D eigenvalue weighted by molar-refractivity contribution is 7.92. The lowest BCUT2D eigenvalue weighted by Crippen LogP contribution is -2.30. The summed E-state index contributed by atoms with van der Waals surface area (Å²) < 4.78 is 32.0. The minimum absolute atomic E-state index is 0.0435. The highest BCUT2D eigenvalue weighted by atomic mass is 35.5. The Morgan fingerprint density at radius 2 is 1.64 bits per heavy atom. The molecule has 3 rings (SSSR count). The summed E-state index contributed by atoms with van der Waals surface area (Å²) in [5, 5.41) is 3.27. The molecule has 0 aliphatic rings. The van der Waals surface area contributed by atoms with Crippen LogP contribution in [-0.2, 0) is 22.0 Å². The number of hydrogen-bond donors (Lipinski definition) is 1. The number of nitrogens with one attached hydrogen (secondary N) is 1. The van der Waals surface area contributed by atoms with Gasteiger partial charge < -0.3 is 10.1 Å². The van der Waals surface area contributed by atoms with E-state index in [-0.39, 0.29) is 27.9 Å². The Morgan fingerprint density at radius 3 is 2.28 bits per heavy atom. The van der Waals surface area contributed by atoms with E-state index >= 15 is 0 Å². The Bertz CT molecular complexity index is 1320. The molecule has 1 N–H and O–H groups in total. The summed E-state index contributed by atoms with van der Waals surface area (Å²) in [5.74, 6) is 0.561. The first-order chi connectivity index (χ1) is 16.9. The third-order valence-corrected chi connectivity index (χ3v) is 7.42. The number of halogens is 2. The molecule has 36 heavy (non-hydrogen) atoms. The van der Waals surface area contributed by atoms with Gasteiger partial charge in [0.25, 0.3) is 5.91 Å². The van der Waals surface area contributed by atoms with Gasteiger partial charge in [0.05, 0.1) is 35.1 Å². The zero-order chi connectivity index (χ0) is 26.5. The van der Waals surface area contributed by atoms with Crippen molar-refractivity contribution in [2.24, 2.45) is 0 Å². The topological polar surface area (TPSA) is 75.7 Å². The Kier molecular flexibility index (Phi) is 8.93. The number of hydrogen-bond acceptors (Lipinski definition) is 4. The molecular formula is C27H30Cl2N2O4S. The molecule has 0 saturated carbocycles. The van der Waals surface area contributed by atoms with Gasteiger partial charge >= 0.3 is 0 Å². The first-order valence-corrected chi connectivity index (χ1v) is 14.0. The van der Waals surface area contributed by atoms with E-state index in [1.54, 1.807) is 42.5 Å². The smallest absolute Gasteiger partial charge is 0.251 e. The molecule has 0 unspecified atom stereocenters. The van der Waals surface area contributed by atoms with Crippen LogP contribution in [0.1, 0.15) is 42.3 Å². The minimum atomic E-state index is -3.64. The van der Waals surface area contributed by atoms with Crippen molar-refractivity contribution in [3.05, 3.63) is 93.5 Å². The minimum Gasteiger partial charge on any atom is -0.491 e. The average molecular weight is 550 g/mol. The number of benzene rings is 3. The fourth-order valence-corrected chi connectivity index (χ4v) is 4.97. The van der Waals surface area contributed by atoms with E-state index in [1.165, 1.54) is 4.31 Å². The summed E-state index contributed by atoms with van der Waals surface area (Å²) in [5.41, 5.74) is 2.50. The standard InChI is InChI=1S/C27H30Cl2N2O4S/c1-27(2,3)21-8-5-6-11-24(21)35-17-16-30-26(32)20-14-12-19(13-15-20)18-31(36(4,33)34)23-10-7-9-22(28)25(23)29/h5-15H,16-18H2,1-4H3,(H,30,32). The molecule has 0 aromatic heterocycles. The highest BCUT2D eigenvalue weighted by Gasteiger charge is 2.22. The molecule has 0 heterocycles. The number of carbonyl (C=O) groups excluding carboxylic acids is 1. The largest absolute Gasteiger partial charge is 0.491 e. The normalized spacial score (nSPS) is 11.7. The van der Waals surface area contributed by atoms with Crippen molar-refractivity contribution in [3.8, 4) is 5.75 Å². The zero-order valence-corrected chi connectivity index (χ0v) is 23.0. The number of anilines is 1. The van der Waals surface area contributed by atoms with Crippen LogP contribution < -0.4 is 14.4 Å². The lowest BCUT2D eigenvalue weighted by molar-refractivity contribution is 0.0946. The maximum Gasteiger partial charge on any atom is 0.251 e. The Hall–Kier alpha value is -2.74. The molecule has 0 radical (unpaired) electrons. The number of carbonyl (C=O) groups is 1. The summed E-state index contributed by atoms with van der Waals surface area (Å²) in [6.07, 6.45) is 1.11. The molecule has 0 aliphatic heterocycles. The number of rotatable bonds is 9. The Labute approximate surface area is 223 Å². The van der Waals surface area contributed by atoms with Crippen LogP contribution in [0.4, 0.5) is 5.69 Å². The van der Waals surface area contributed by atoms with Gasteiger partial charge in [0, 0.05) is 5.56 Å². The van der Waals surface area contributed by atoms with Crippen LogP contribution in [0.5, 0.6) is 5.75 Å². The predicted molar refractivity (Wildman–Crippen MR) is 147 cm³/mol. The molecule has 0 fully saturated rings. The molecule has 3 aromatic rings. The second-order valence-electron chi connectivity index (χ2n) is 9.39. The molecule has 0 saturated heterocycles. The lowest BCUT2D eigenvalue weighted by atomic mass is 9.86. The van der Waals surface area contributed by atoms with Crippen molar-refractivity contribution >= 4 is 44.8 Å². The van der Waals surface area contributed by atoms with Gasteiger partial charge in [0.1, 0.15) is 12.4 Å². The molecular weight excluding hydrogens is 519 g/mol.